The number of carbonyl (C=O) groups excluding carboxylic acids is 2. The normalized spacial score (nSPS) is 14.7. The summed E-state index contributed by atoms with van der Waals surface area (Å²) < 4.78 is 3.51. The van der Waals surface area contributed by atoms with E-state index in [-0.39, 0.29) is 17.7 Å². The van der Waals surface area contributed by atoms with Gasteiger partial charge in [-0.1, -0.05) is 18.2 Å². The third kappa shape index (κ3) is 4.12. The fourth-order valence-electron chi connectivity index (χ4n) is 3.76. The highest BCUT2D eigenvalue weighted by Gasteiger charge is 2.28. The number of aromatic nitrogens is 4. The molecule has 0 atom stereocenters. The van der Waals surface area contributed by atoms with Gasteiger partial charge in [-0.3, -0.25) is 14.3 Å². The molecule has 2 aromatic heterocycles. The molecule has 1 aromatic carbocycles. The summed E-state index contributed by atoms with van der Waals surface area (Å²) in [6, 6.07) is 7.92. The number of anilines is 1. The Labute approximate surface area is 175 Å². The molecule has 156 valence electrons. The zero-order chi connectivity index (χ0) is 21.1. The minimum atomic E-state index is -0.103. The van der Waals surface area contributed by atoms with Crippen LogP contribution in [0.3, 0.4) is 0 Å². The lowest BCUT2D eigenvalue weighted by molar-refractivity contribution is -0.121. The standard InChI is InChI=1S/C22H26N6O2/c1-3-27-15-19(13-23-27)25-21(29)17-8-10-26(11-9-17)22(30)18-12-24-28(14-18)20-7-5-4-6-16(20)2/h4-7,12-15,17H,3,8-11H2,1-2H3,(H,25,29). The molecule has 0 radical (unpaired) electrons. The van der Waals surface area contributed by atoms with E-state index in [1.165, 1.54) is 0 Å². The Kier molecular flexibility index (Phi) is 5.65. The van der Waals surface area contributed by atoms with Crippen molar-refractivity contribution in [1.29, 1.82) is 0 Å². The van der Waals surface area contributed by atoms with Crippen LogP contribution in [0, 0.1) is 12.8 Å². The number of carbonyl (C=O) groups is 2. The highest BCUT2D eigenvalue weighted by molar-refractivity contribution is 5.95. The predicted molar refractivity (Wildman–Crippen MR) is 113 cm³/mol. The number of hydrogen-bond acceptors (Lipinski definition) is 4. The van der Waals surface area contributed by atoms with Gasteiger partial charge in [0.15, 0.2) is 0 Å². The van der Waals surface area contributed by atoms with Gasteiger partial charge in [-0.15, -0.1) is 0 Å². The van der Waals surface area contributed by atoms with Crippen LogP contribution >= 0.6 is 0 Å². The van der Waals surface area contributed by atoms with Crippen molar-refractivity contribution in [2.24, 2.45) is 5.92 Å². The van der Waals surface area contributed by atoms with Crippen molar-refractivity contribution in [3.05, 3.63) is 60.2 Å². The largest absolute Gasteiger partial charge is 0.339 e. The maximum atomic E-state index is 12.9. The van der Waals surface area contributed by atoms with Crippen molar-refractivity contribution >= 4 is 17.5 Å². The van der Waals surface area contributed by atoms with Crippen molar-refractivity contribution in [3.63, 3.8) is 0 Å². The number of likely N-dealkylation sites (tertiary alicyclic amines) is 1. The highest BCUT2D eigenvalue weighted by Crippen LogP contribution is 2.21. The second kappa shape index (κ2) is 8.52. The molecule has 4 rings (SSSR count). The van der Waals surface area contributed by atoms with Crippen LogP contribution in [0.1, 0.15) is 35.7 Å². The van der Waals surface area contributed by atoms with Crippen LogP contribution in [0.2, 0.25) is 0 Å². The number of para-hydroxylation sites is 1. The fourth-order valence-corrected chi connectivity index (χ4v) is 3.76. The van der Waals surface area contributed by atoms with Gasteiger partial charge in [-0.25, -0.2) is 4.68 Å². The van der Waals surface area contributed by atoms with E-state index in [0.717, 1.165) is 17.8 Å². The summed E-state index contributed by atoms with van der Waals surface area (Å²) in [6.45, 7) is 5.88. The lowest BCUT2D eigenvalue weighted by Gasteiger charge is -2.31. The fraction of sp³-hybridized carbons (Fsp3) is 0.364. The van der Waals surface area contributed by atoms with Gasteiger partial charge < -0.3 is 10.2 Å². The molecule has 30 heavy (non-hydrogen) atoms. The van der Waals surface area contributed by atoms with Crippen LogP contribution in [0.15, 0.2) is 49.1 Å². The summed E-state index contributed by atoms with van der Waals surface area (Å²) in [7, 11) is 0. The van der Waals surface area contributed by atoms with Crippen LogP contribution in [-0.4, -0.2) is 49.4 Å². The number of piperidine rings is 1. The van der Waals surface area contributed by atoms with E-state index in [4.69, 9.17) is 0 Å². The maximum absolute atomic E-state index is 12.9. The van der Waals surface area contributed by atoms with Crippen LogP contribution in [0.4, 0.5) is 5.69 Å². The molecule has 0 spiro atoms. The zero-order valence-electron chi connectivity index (χ0n) is 17.3. The van der Waals surface area contributed by atoms with Gasteiger partial charge in [-0.05, 0) is 38.3 Å². The molecule has 8 heteroatoms. The Bertz CT molecular complexity index is 1050. The van der Waals surface area contributed by atoms with Crippen molar-refractivity contribution in [2.75, 3.05) is 18.4 Å². The SMILES string of the molecule is CCn1cc(NC(=O)C2CCN(C(=O)c3cnn(-c4ccccc4C)c3)CC2)cn1. The summed E-state index contributed by atoms with van der Waals surface area (Å²) in [5.74, 6) is -0.156. The Morgan fingerprint density at radius 1 is 1.10 bits per heavy atom. The van der Waals surface area contributed by atoms with Gasteiger partial charge in [-0.2, -0.15) is 10.2 Å². The van der Waals surface area contributed by atoms with E-state index in [1.807, 2.05) is 44.3 Å². The third-order valence-corrected chi connectivity index (χ3v) is 5.57. The van der Waals surface area contributed by atoms with Crippen molar-refractivity contribution < 1.29 is 9.59 Å². The Hall–Kier alpha value is -3.42. The van der Waals surface area contributed by atoms with Crippen LogP contribution in [0.5, 0.6) is 0 Å². The van der Waals surface area contributed by atoms with E-state index in [1.54, 1.807) is 32.9 Å². The molecule has 1 aliphatic heterocycles. The van der Waals surface area contributed by atoms with E-state index in [2.05, 4.69) is 15.5 Å². The zero-order valence-corrected chi connectivity index (χ0v) is 17.3. The molecule has 0 saturated carbocycles. The quantitative estimate of drug-likeness (QED) is 0.706. The molecular weight excluding hydrogens is 380 g/mol. The maximum Gasteiger partial charge on any atom is 0.257 e. The molecule has 1 aliphatic rings. The second-order valence-corrected chi connectivity index (χ2v) is 7.60. The lowest BCUT2D eigenvalue weighted by Crippen LogP contribution is -2.41. The molecule has 1 fully saturated rings. The number of hydrogen-bond donors (Lipinski definition) is 1. The van der Waals surface area contributed by atoms with Crippen LogP contribution in [0.25, 0.3) is 5.69 Å². The van der Waals surface area contributed by atoms with Crippen LogP contribution < -0.4 is 5.32 Å². The molecule has 3 heterocycles. The molecular formula is C22H26N6O2. The number of aryl methyl sites for hydroxylation is 2. The lowest BCUT2D eigenvalue weighted by atomic mass is 9.95. The smallest absolute Gasteiger partial charge is 0.257 e. The third-order valence-electron chi connectivity index (χ3n) is 5.57. The van der Waals surface area contributed by atoms with Crippen molar-refractivity contribution in [2.45, 2.75) is 33.2 Å². The second-order valence-electron chi connectivity index (χ2n) is 7.60. The van der Waals surface area contributed by atoms with Gasteiger partial charge in [0, 0.05) is 37.9 Å². The van der Waals surface area contributed by atoms with E-state index < -0.39 is 0 Å². The number of amides is 2. The molecule has 3 aromatic rings. The Morgan fingerprint density at radius 3 is 2.57 bits per heavy atom. The number of benzene rings is 1. The molecule has 0 aliphatic carbocycles. The van der Waals surface area contributed by atoms with Gasteiger partial charge in [0.2, 0.25) is 5.91 Å². The molecule has 0 bridgehead atoms. The minimum Gasteiger partial charge on any atom is -0.339 e. The molecule has 8 nitrogen and oxygen atoms in total. The first-order valence-corrected chi connectivity index (χ1v) is 10.3. The van der Waals surface area contributed by atoms with E-state index in [0.29, 0.717) is 37.2 Å². The summed E-state index contributed by atoms with van der Waals surface area (Å²) in [5.41, 5.74) is 3.33. The Morgan fingerprint density at radius 2 is 1.87 bits per heavy atom. The monoisotopic (exact) mass is 406 g/mol. The number of nitrogens with zero attached hydrogens (tertiary/aromatic N) is 5. The molecule has 1 saturated heterocycles. The van der Waals surface area contributed by atoms with Gasteiger partial charge in [0.25, 0.3) is 5.91 Å². The van der Waals surface area contributed by atoms with E-state index >= 15 is 0 Å². The van der Waals surface area contributed by atoms with Crippen molar-refractivity contribution in [1.82, 2.24) is 24.5 Å². The minimum absolute atomic E-state index is 0.00914. The highest BCUT2D eigenvalue weighted by atomic mass is 16.2. The number of rotatable bonds is 5. The predicted octanol–water partition coefficient (Wildman–Crippen LogP) is 2.89. The topological polar surface area (TPSA) is 85.0 Å². The summed E-state index contributed by atoms with van der Waals surface area (Å²) in [5, 5.41) is 11.5. The molecule has 1 N–H and O–H groups in total. The van der Waals surface area contributed by atoms with Crippen LogP contribution in [-0.2, 0) is 11.3 Å². The first-order valence-electron chi connectivity index (χ1n) is 10.3. The Balaban J connectivity index is 1.34. The average molecular weight is 406 g/mol. The summed E-state index contributed by atoms with van der Waals surface area (Å²) >= 11 is 0. The van der Waals surface area contributed by atoms with E-state index in [9.17, 15) is 9.59 Å². The van der Waals surface area contributed by atoms with Crippen molar-refractivity contribution in [3.8, 4) is 5.69 Å². The average Bonchev–Trinajstić information content (AvgIpc) is 3.43. The summed E-state index contributed by atoms with van der Waals surface area (Å²) in [4.78, 5) is 27.2. The first kappa shape index (κ1) is 19.9. The first-order chi connectivity index (χ1) is 14.5. The number of nitrogens with one attached hydrogen (secondary N) is 1. The molecule has 2 amide bonds. The van der Waals surface area contributed by atoms with Gasteiger partial charge in [0.05, 0.1) is 29.3 Å². The summed E-state index contributed by atoms with van der Waals surface area (Å²) in [6.07, 6.45) is 8.15. The molecule has 0 unspecified atom stereocenters. The van der Waals surface area contributed by atoms with Gasteiger partial charge >= 0.3 is 0 Å². The van der Waals surface area contributed by atoms with Gasteiger partial charge in [0.1, 0.15) is 0 Å².